The highest BCUT2D eigenvalue weighted by Gasteiger charge is 2.16. The topological polar surface area (TPSA) is 72.8 Å². The molecule has 0 aromatic rings. The van der Waals surface area contributed by atoms with Crippen molar-refractivity contribution in [3.05, 3.63) is 24.3 Å². The van der Waals surface area contributed by atoms with Gasteiger partial charge in [-0.1, -0.05) is 282 Å². The van der Waals surface area contributed by atoms with Gasteiger partial charge in [-0.05, 0) is 44.9 Å². The molecule has 0 spiro atoms. The average molecular weight is 888 g/mol. The second kappa shape index (κ2) is 54.7. The summed E-state index contributed by atoms with van der Waals surface area (Å²) < 4.78 is 10.7. The Labute approximate surface area is 394 Å². The van der Waals surface area contributed by atoms with E-state index >= 15 is 0 Å². The Hall–Kier alpha value is -1.62. The largest absolute Gasteiger partial charge is 0.462 e. The minimum atomic E-state index is -0.773. The zero-order valence-electron chi connectivity index (χ0n) is 42.6. The molecule has 5 heteroatoms. The molecule has 0 aromatic carbocycles. The van der Waals surface area contributed by atoms with Crippen molar-refractivity contribution in [3.8, 4) is 0 Å². The molecule has 0 rings (SSSR count). The number of rotatable bonds is 53. The van der Waals surface area contributed by atoms with E-state index in [0.29, 0.717) is 12.8 Å². The number of carbonyl (C=O) groups excluding carboxylic acids is 2. The molecule has 372 valence electrons. The summed E-state index contributed by atoms with van der Waals surface area (Å²) in [6.45, 7) is 4.15. The van der Waals surface area contributed by atoms with Crippen LogP contribution in [0.25, 0.3) is 0 Å². The van der Waals surface area contributed by atoms with Crippen molar-refractivity contribution in [1.29, 1.82) is 0 Å². The number of aliphatic hydroxyl groups is 1. The van der Waals surface area contributed by atoms with Gasteiger partial charge in [-0.25, -0.2) is 0 Å². The maximum absolute atomic E-state index is 12.3. The lowest BCUT2D eigenvalue weighted by Gasteiger charge is -2.15. The normalized spacial score (nSPS) is 12.2. The highest BCUT2D eigenvalue weighted by Crippen LogP contribution is 2.18. The first-order valence-electron chi connectivity index (χ1n) is 28.4. The van der Waals surface area contributed by atoms with Crippen molar-refractivity contribution in [1.82, 2.24) is 0 Å². The fourth-order valence-electron chi connectivity index (χ4n) is 8.71. The van der Waals surface area contributed by atoms with E-state index in [-0.39, 0.29) is 25.2 Å². The van der Waals surface area contributed by atoms with Gasteiger partial charge in [-0.2, -0.15) is 0 Å². The van der Waals surface area contributed by atoms with Crippen LogP contribution < -0.4 is 0 Å². The smallest absolute Gasteiger partial charge is 0.306 e. The quantitative estimate of drug-likeness (QED) is 0.0374. The molecule has 5 nitrogen and oxygen atoms in total. The van der Waals surface area contributed by atoms with Gasteiger partial charge in [-0.3, -0.25) is 9.59 Å². The van der Waals surface area contributed by atoms with Gasteiger partial charge in [0.2, 0.25) is 0 Å². The summed E-state index contributed by atoms with van der Waals surface area (Å²) in [6, 6.07) is 0. The summed E-state index contributed by atoms with van der Waals surface area (Å²) in [5.41, 5.74) is 0. The zero-order chi connectivity index (χ0) is 45.6. The third-order valence-corrected chi connectivity index (χ3v) is 13.0. The molecule has 0 aliphatic carbocycles. The van der Waals surface area contributed by atoms with E-state index in [1.54, 1.807) is 0 Å². The van der Waals surface area contributed by atoms with E-state index in [9.17, 15) is 14.7 Å². The van der Waals surface area contributed by atoms with Gasteiger partial charge < -0.3 is 14.6 Å². The van der Waals surface area contributed by atoms with Gasteiger partial charge in [0.25, 0.3) is 0 Å². The number of carbonyl (C=O) groups is 2. The van der Waals surface area contributed by atoms with Crippen molar-refractivity contribution in [2.75, 3.05) is 13.2 Å². The minimum Gasteiger partial charge on any atom is -0.462 e. The molecule has 63 heavy (non-hydrogen) atoms. The fourth-order valence-corrected chi connectivity index (χ4v) is 8.71. The van der Waals surface area contributed by atoms with Gasteiger partial charge in [0.05, 0.1) is 6.61 Å². The van der Waals surface area contributed by atoms with Crippen LogP contribution in [-0.4, -0.2) is 36.4 Å². The molecule has 0 amide bonds. The van der Waals surface area contributed by atoms with Crippen LogP contribution in [-0.2, 0) is 19.1 Å². The zero-order valence-corrected chi connectivity index (χ0v) is 42.6. The Kier molecular flexibility index (Phi) is 53.3. The molecule has 0 aliphatic rings. The molecule has 0 aliphatic heterocycles. The Balaban J connectivity index is 3.39. The molecule has 0 saturated heterocycles. The second-order valence-electron chi connectivity index (χ2n) is 19.4. The van der Waals surface area contributed by atoms with E-state index in [0.717, 1.165) is 44.9 Å². The van der Waals surface area contributed by atoms with Gasteiger partial charge in [0, 0.05) is 12.8 Å². The molecule has 0 fully saturated rings. The Bertz CT molecular complexity index is 959. The first kappa shape index (κ1) is 61.4. The lowest BCUT2D eigenvalue weighted by molar-refractivity contribution is -0.161. The van der Waals surface area contributed by atoms with E-state index in [1.807, 2.05) is 0 Å². The van der Waals surface area contributed by atoms with Crippen LogP contribution in [0.4, 0.5) is 0 Å². The van der Waals surface area contributed by atoms with Crippen molar-refractivity contribution >= 4 is 11.9 Å². The number of esters is 2. The predicted octanol–water partition coefficient (Wildman–Crippen LogP) is 18.9. The average Bonchev–Trinajstić information content (AvgIpc) is 3.29. The molecule has 0 aromatic heterocycles. The van der Waals surface area contributed by atoms with Gasteiger partial charge in [-0.15, -0.1) is 0 Å². The van der Waals surface area contributed by atoms with Crippen LogP contribution in [0, 0.1) is 0 Å². The molecule has 1 N–H and O–H groups in total. The van der Waals surface area contributed by atoms with Crippen LogP contribution in [0.15, 0.2) is 24.3 Å². The van der Waals surface area contributed by atoms with Gasteiger partial charge >= 0.3 is 11.9 Å². The highest BCUT2D eigenvalue weighted by molar-refractivity contribution is 5.70. The molecular weight excluding hydrogens is 777 g/mol. The van der Waals surface area contributed by atoms with Crippen LogP contribution in [0.2, 0.25) is 0 Å². The van der Waals surface area contributed by atoms with Gasteiger partial charge in [0.1, 0.15) is 6.61 Å². The highest BCUT2D eigenvalue weighted by atomic mass is 16.6. The monoisotopic (exact) mass is 887 g/mol. The van der Waals surface area contributed by atoms with Gasteiger partial charge in [0.15, 0.2) is 6.10 Å². The number of allylic oxidation sites excluding steroid dienone is 4. The SMILES string of the molecule is CCCCC/C=C\C/C=C\CCCCCCCCCC(=O)OC(CO)COC(=O)CCCCCCCCCCCCCCCCCCCCCCCCCCCCCCCCCC. The first-order chi connectivity index (χ1) is 31.1. The second-order valence-corrected chi connectivity index (χ2v) is 19.4. The van der Waals surface area contributed by atoms with Crippen LogP contribution in [0.3, 0.4) is 0 Å². The third-order valence-electron chi connectivity index (χ3n) is 13.0. The summed E-state index contributed by atoms with van der Waals surface area (Å²) in [5.74, 6) is -0.583. The van der Waals surface area contributed by atoms with Crippen LogP contribution >= 0.6 is 0 Å². The third kappa shape index (κ3) is 52.9. The maximum Gasteiger partial charge on any atom is 0.306 e. The van der Waals surface area contributed by atoms with E-state index in [2.05, 4.69) is 38.2 Å². The number of hydrogen-bond acceptors (Lipinski definition) is 5. The molecule has 1 unspecified atom stereocenters. The van der Waals surface area contributed by atoms with Crippen LogP contribution in [0.5, 0.6) is 0 Å². The molecule has 0 radical (unpaired) electrons. The summed E-state index contributed by atoms with van der Waals surface area (Å²) in [5, 5.41) is 9.63. The Morgan fingerprint density at radius 3 is 0.968 bits per heavy atom. The van der Waals surface area contributed by atoms with Crippen LogP contribution in [0.1, 0.15) is 316 Å². The summed E-state index contributed by atoms with van der Waals surface area (Å²) in [6.07, 6.45) is 68.8. The molecule has 0 heterocycles. The lowest BCUT2D eigenvalue weighted by Crippen LogP contribution is -2.28. The molecule has 1 atom stereocenters. The van der Waals surface area contributed by atoms with Crippen molar-refractivity contribution in [3.63, 3.8) is 0 Å². The summed E-state index contributed by atoms with van der Waals surface area (Å²) in [7, 11) is 0. The standard InChI is InChI=1S/C58H110O5/c1-3-5-7-9-11-13-15-17-19-21-22-23-24-25-26-27-28-29-30-31-32-33-34-35-37-38-40-42-44-46-48-50-52-57(60)62-55-56(54-59)63-58(61)53-51-49-47-45-43-41-39-36-20-18-16-14-12-10-8-6-4-2/h12,14,18,20,56,59H,3-11,13,15-17,19,21-55H2,1-2H3/b14-12-,20-18-. The van der Waals surface area contributed by atoms with E-state index in [4.69, 9.17) is 9.47 Å². The number of unbranched alkanes of at least 4 members (excludes halogenated alkanes) is 41. The predicted molar refractivity (Wildman–Crippen MR) is 275 cm³/mol. The van der Waals surface area contributed by atoms with E-state index < -0.39 is 6.10 Å². The van der Waals surface area contributed by atoms with Crippen molar-refractivity contribution in [2.45, 2.75) is 322 Å². The molecule has 0 saturated carbocycles. The summed E-state index contributed by atoms with van der Waals surface area (Å²) >= 11 is 0. The minimum absolute atomic E-state index is 0.0638. The van der Waals surface area contributed by atoms with Crippen molar-refractivity contribution in [2.24, 2.45) is 0 Å². The lowest BCUT2D eigenvalue weighted by atomic mass is 10.0. The fraction of sp³-hybridized carbons (Fsp3) is 0.897. The number of hydrogen-bond donors (Lipinski definition) is 1. The Morgan fingerprint density at radius 2 is 0.635 bits per heavy atom. The molecular formula is C58H110O5. The first-order valence-corrected chi connectivity index (χ1v) is 28.4. The van der Waals surface area contributed by atoms with Crippen molar-refractivity contribution < 1.29 is 24.2 Å². The summed E-state index contributed by atoms with van der Waals surface area (Å²) in [4.78, 5) is 24.5. The Morgan fingerprint density at radius 1 is 0.365 bits per heavy atom. The number of aliphatic hydroxyl groups excluding tert-OH is 1. The number of ether oxygens (including phenoxy) is 2. The molecule has 0 bridgehead atoms. The maximum atomic E-state index is 12.3. The van der Waals surface area contributed by atoms with E-state index in [1.165, 1.54) is 244 Å².